The molecule has 1 heterocycles. The van der Waals surface area contributed by atoms with Crippen molar-refractivity contribution in [2.75, 3.05) is 0 Å². The Labute approximate surface area is 164 Å². The van der Waals surface area contributed by atoms with Crippen molar-refractivity contribution in [3.8, 4) is 0 Å². The van der Waals surface area contributed by atoms with Crippen molar-refractivity contribution in [1.29, 1.82) is 0 Å². The summed E-state index contributed by atoms with van der Waals surface area (Å²) < 4.78 is 7.28. The zero-order chi connectivity index (χ0) is 18.7. The molecule has 0 spiro atoms. The van der Waals surface area contributed by atoms with E-state index in [1.165, 1.54) is 40.8 Å². The molecule has 1 aliphatic heterocycles. The highest BCUT2D eigenvalue weighted by Crippen LogP contribution is 2.39. The fourth-order valence-electron chi connectivity index (χ4n) is 4.48. The summed E-state index contributed by atoms with van der Waals surface area (Å²) >= 11 is 0. The molecule has 3 aromatic carbocycles. The van der Waals surface area contributed by atoms with Crippen LogP contribution in [-0.2, 0) is 10.8 Å². The van der Waals surface area contributed by atoms with E-state index in [-0.39, 0.29) is 6.10 Å². The van der Waals surface area contributed by atoms with Gasteiger partial charge in [0, 0.05) is 0 Å². The van der Waals surface area contributed by atoms with Gasteiger partial charge in [-0.25, -0.2) is 0 Å². The van der Waals surface area contributed by atoms with Gasteiger partial charge in [-0.3, -0.25) is 0 Å². The molecule has 2 heteroatoms. The van der Waals surface area contributed by atoms with E-state index >= 15 is 0 Å². The molecule has 0 amide bonds. The van der Waals surface area contributed by atoms with E-state index in [0.29, 0.717) is 5.54 Å². The van der Waals surface area contributed by atoms with E-state index in [2.05, 4.69) is 98.8 Å². The molecule has 1 atom stereocenters. The Morgan fingerprint density at radius 3 is 1.89 bits per heavy atom. The second-order valence-corrected chi connectivity index (χ2v) is 12.1. The van der Waals surface area contributed by atoms with Gasteiger partial charge in [0.2, 0.25) is 8.32 Å². The second kappa shape index (κ2) is 7.83. The molecule has 4 rings (SSSR count). The predicted octanol–water partition coefficient (Wildman–Crippen LogP) is 6.00. The van der Waals surface area contributed by atoms with Gasteiger partial charge in [0.15, 0.2) is 0 Å². The van der Waals surface area contributed by atoms with E-state index < -0.39 is 8.32 Å². The number of hydrogen-bond acceptors (Lipinski definition) is 1. The molecule has 0 N–H and O–H groups in total. The summed E-state index contributed by atoms with van der Waals surface area (Å²) in [6.07, 6.45) is 2.41. The molecule has 3 aromatic rings. The van der Waals surface area contributed by atoms with Gasteiger partial charge in [-0.2, -0.15) is 0 Å². The second-order valence-electron chi connectivity index (χ2n) is 7.87. The highest BCUT2D eigenvalue weighted by Gasteiger charge is 2.45. The monoisotopic (exact) mass is 372 g/mol. The van der Waals surface area contributed by atoms with Crippen LogP contribution in [0.2, 0.25) is 11.6 Å². The van der Waals surface area contributed by atoms with Gasteiger partial charge in [-0.15, -0.1) is 0 Å². The van der Waals surface area contributed by atoms with E-state index in [1.807, 2.05) is 0 Å². The van der Waals surface area contributed by atoms with E-state index in [4.69, 9.17) is 4.43 Å². The van der Waals surface area contributed by atoms with E-state index in [1.54, 1.807) is 0 Å². The minimum absolute atomic E-state index is 0.00683. The van der Waals surface area contributed by atoms with Crippen molar-refractivity contribution in [1.82, 2.24) is 0 Å². The Balaban J connectivity index is 1.82. The first-order valence-electron chi connectivity index (χ1n) is 10.1. The third kappa shape index (κ3) is 3.52. The molecule has 0 radical (unpaired) electrons. The van der Waals surface area contributed by atoms with Gasteiger partial charge in [-0.1, -0.05) is 98.8 Å². The molecule has 1 nitrogen and oxygen atoms in total. The standard InChI is InChI=1S/C25H28OSi/c1-20(2)27(19-11-17-21-12-9-10-18-24(21)27)26-25(22-13-5-3-6-14-22)23-15-7-4-8-16-23/h3-10,12-16,18,20,25H,11,17,19H2,1-2H3. The van der Waals surface area contributed by atoms with Crippen LogP contribution in [0.25, 0.3) is 0 Å². The zero-order valence-electron chi connectivity index (χ0n) is 16.3. The largest absolute Gasteiger partial charge is 0.401 e. The summed E-state index contributed by atoms with van der Waals surface area (Å²) in [4.78, 5) is 0. The van der Waals surface area contributed by atoms with Crippen LogP contribution < -0.4 is 5.19 Å². The molecule has 0 bridgehead atoms. The summed E-state index contributed by atoms with van der Waals surface area (Å²) in [5.74, 6) is 0. The highest BCUT2D eigenvalue weighted by atomic mass is 28.4. The van der Waals surface area contributed by atoms with Gasteiger partial charge in [0.25, 0.3) is 0 Å². The molecule has 0 aromatic heterocycles. The summed E-state index contributed by atoms with van der Waals surface area (Å²) in [7, 11) is -2.11. The molecule has 1 aliphatic rings. The zero-order valence-corrected chi connectivity index (χ0v) is 17.3. The van der Waals surface area contributed by atoms with Crippen molar-refractivity contribution in [2.24, 2.45) is 0 Å². The minimum atomic E-state index is -2.11. The number of rotatable bonds is 5. The summed E-state index contributed by atoms with van der Waals surface area (Å²) in [6, 6.07) is 31.7. The van der Waals surface area contributed by atoms with Gasteiger partial charge in [0.1, 0.15) is 0 Å². The molecule has 0 saturated heterocycles. The van der Waals surface area contributed by atoms with Gasteiger partial charge in [-0.05, 0) is 46.3 Å². The van der Waals surface area contributed by atoms with Crippen molar-refractivity contribution >= 4 is 13.5 Å². The predicted molar refractivity (Wildman–Crippen MR) is 116 cm³/mol. The van der Waals surface area contributed by atoms with Crippen molar-refractivity contribution < 1.29 is 4.43 Å². The molecule has 0 fully saturated rings. The van der Waals surface area contributed by atoms with E-state index in [9.17, 15) is 0 Å². The van der Waals surface area contributed by atoms with Crippen LogP contribution in [0.1, 0.15) is 43.1 Å². The smallest absolute Gasteiger partial charge is 0.228 e. The number of benzene rings is 3. The van der Waals surface area contributed by atoms with Crippen LogP contribution >= 0.6 is 0 Å². The SMILES string of the molecule is CC(C)[Si]1(OC(c2ccccc2)c2ccccc2)CCCc2ccccc21. The normalized spacial score (nSPS) is 19.3. The van der Waals surface area contributed by atoms with Crippen LogP contribution in [0.4, 0.5) is 0 Å². The Hall–Kier alpha value is -2.16. The quantitative estimate of drug-likeness (QED) is 0.499. The molecular weight excluding hydrogens is 344 g/mol. The van der Waals surface area contributed by atoms with Gasteiger partial charge < -0.3 is 4.43 Å². The Morgan fingerprint density at radius 1 is 0.741 bits per heavy atom. The maximum absolute atomic E-state index is 7.28. The summed E-state index contributed by atoms with van der Waals surface area (Å²) in [6.45, 7) is 4.72. The molecular formula is C25H28OSi. The van der Waals surface area contributed by atoms with Crippen molar-refractivity contribution in [3.05, 3.63) is 102 Å². The van der Waals surface area contributed by atoms with Crippen LogP contribution in [-0.4, -0.2) is 8.32 Å². The van der Waals surface area contributed by atoms with Crippen molar-refractivity contribution in [2.45, 2.75) is 44.4 Å². The minimum Gasteiger partial charge on any atom is -0.401 e. The fourth-order valence-corrected chi connectivity index (χ4v) is 8.99. The molecule has 1 unspecified atom stereocenters. The molecule has 138 valence electrons. The summed E-state index contributed by atoms with van der Waals surface area (Å²) in [5, 5.41) is 1.52. The van der Waals surface area contributed by atoms with Gasteiger partial charge >= 0.3 is 0 Å². The number of aryl methyl sites for hydroxylation is 1. The molecule has 0 saturated carbocycles. The lowest BCUT2D eigenvalue weighted by Gasteiger charge is -2.42. The number of fused-ring (bicyclic) bond motifs is 1. The maximum atomic E-state index is 7.28. The average molecular weight is 373 g/mol. The van der Waals surface area contributed by atoms with E-state index in [0.717, 1.165) is 0 Å². The Morgan fingerprint density at radius 2 is 1.30 bits per heavy atom. The third-order valence-electron chi connectivity index (χ3n) is 5.93. The lowest BCUT2D eigenvalue weighted by molar-refractivity contribution is 0.230. The molecule has 0 aliphatic carbocycles. The Bertz CT molecular complexity index is 836. The highest BCUT2D eigenvalue weighted by molar-refractivity contribution is 6.88. The molecule has 27 heavy (non-hydrogen) atoms. The van der Waals surface area contributed by atoms with Crippen LogP contribution in [0, 0.1) is 0 Å². The first kappa shape index (κ1) is 18.2. The van der Waals surface area contributed by atoms with Crippen LogP contribution in [0.15, 0.2) is 84.9 Å². The first-order chi connectivity index (χ1) is 13.2. The average Bonchev–Trinajstić information content (AvgIpc) is 2.73. The maximum Gasteiger partial charge on any atom is 0.228 e. The van der Waals surface area contributed by atoms with Crippen molar-refractivity contribution in [3.63, 3.8) is 0 Å². The lowest BCUT2D eigenvalue weighted by atomic mass is 10.0. The first-order valence-corrected chi connectivity index (χ1v) is 12.3. The van der Waals surface area contributed by atoms with Gasteiger partial charge in [0.05, 0.1) is 6.10 Å². The number of hydrogen-bond donors (Lipinski definition) is 0. The van der Waals surface area contributed by atoms with Crippen LogP contribution in [0.3, 0.4) is 0 Å². The summed E-state index contributed by atoms with van der Waals surface area (Å²) in [5.41, 5.74) is 4.54. The van der Waals surface area contributed by atoms with Crippen LogP contribution in [0.5, 0.6) is 0 Å². The fraction of sp³-hybridized carbons (Fsp3) is 0.280. The lowest BCUT2D eigenvalue weighted by Crippen LogP contribution is -2.57. The Kier molecular flexibility index (Phi) is 5.28. The third-order valence-corrected chi connectivity index (χ3v) is 11.0. The topological polar surface area (TPSA) is 9.23 Å².